The summed E-state index contributed by atoms with van der Waals surface area (Å²) in [5.41, 5.74) is 1.20. The molecule has 0 radical (unpaired) electrons. The van der Waals surface area contributed by atoms with Crippen LogP contribution in [0.15, 0.2) is 18.2 Å². The zero-order valence-corrected chi connectivity index (χ0v) is 11.6. The fraction of sp³-hybridized carbons (Fsp3) is 0.600. The molecule has 0 aromatic heterocycles. The minimum absolute atomic E-state index is 0.522. The molecule has 0 aliphatic carbocycles. The molecule has 0 aliphatic rings. The molecule has 2 nitrogen and oxygen atoms in total. The largest absolute Gasteiger partial charge is 0.489 e. The molecular formula is C15H24O2. The van der Waals surface area contributed by atoms with Crippen molar-refractivity contribution in [2.24, 2.45) is 11.8 Å². The van der Waals surface area contributed by atoms with Crippen molar-refractivity contribution < 1.29 is 9.47 Å². The lowest BCUT2D eigenvalue weighted by atomic mass is 10.2. The van der Waals surface area contributed by atoms with Crippen molar-refractivity contribution in [2.75, 3.05) is 13.2 Å². The van der Waals surface area contributed by atoms with Gasteiger partial charge in [-0.05, 0) is 36.5 Å². The van der Waals surface area contributed by atoms with E-state index in [2.05, 4.69) is 40.7 Å². The normalized spacial score (nSPS) is 11.0. The Morgan fingerprint density at radius 2 is 1.41 bits per heavy atom. The van der Waals surface area contributed by atoms with Crippen LogP contribution < -0.4 is 9.47 Å². The van der Waals surface area contributed by atoms with E-state index in [1.54, 1.807) is 0 Å². The van der Waals surface area contributed by atoms with E-state index in [0.29, 0.717) is 11.8 Å². The standard InChI is InChI=1S/C15H24O2/c1-11(2)9-16-14-7-6-13(5)8-15(14)17-10-12(3)4/h6-8,11-12H,9-10H2,1-5H3. The van der Waals surface area contributed by atoms with Crippen LogP contribution in [0.3, 0.4) is 0 Å². The Balaban J connectivity index is 2.72. The van der Waals surface area contributed by atoms with Gasteiger partial charge in [-0.15, -0.1) is 0 Å². The Kier molecular flexibility index (Phi) is 5.33. The molecule has 0 unspecified atom stereocenters. The number of benzene rings is 1. The Bertz CT molecular complexity index is 343. The van der Waals surface area contributed by atoms with Gasteiger partial charge in [-0.3, -0.25) is 0 Å². The van der Waals surface area contributed by atoms with Crippen molar-refractivity contribution in [3.05, 3.63) is 23.8 Å². The van der Waals surface area contributed by atoms with E-state index in [1.165, 1.54) is 5.56 Å². The Hall–Kier alpha value is -1.18. The lowest BCUT2D eigenvalue weighted by Gasteiger charge is -2.15. The summed E-state index contributed by atoms with van der Waals surface area (Å²) in [5, 5.41) is 0. The third-order valence-electron chi connectivity index (χ3n) is 2.24. The molecule has 0 aliphatic heterocycles. The molecule has 0 saturated heterocycles. The van der Waals surface area contributed by atoms with Gasteiger partial charge in [-0.2, -0.15) is 0 Å². The summed E-state index contributed by atoms with van der Waals surface area (Å²) in [4.78, 5) is 0. The van der Waals surface area contributed by atoms with Crippen molar-refractivity contribution in [1.82, 2.24) is 0 Å². The highest BCUT2D eigenvalue weighted by Crippen LogP contribution is 2.29. The van der Waals surface area contributed by atoms with Crippen LogP contribution in [0.1, 0.15) is 33.3 Å². The van der Waals surface area contributed by atoms with E-state index >= 15 is 0 Å². The number of ether oxygens (including phenoxy) is 2. The summed E-state index contributed by atoms with van der Waals surface area (Å²) in [6.45, 7) is 12.1. The van der Waals surface area contributed by atoms with Gasteiger partial charge in [0.25, 0.3) is 0 Å². The second kappa shape index (κ2) is 6.53. The van der Waals surface area contributed by atoms with Gasteiger partial charge in [0.2, 0.25) is 0 Å². The molecule has 1 aromatic rings. The highest BCUT2D eigenvalue weighted by molar-refractivity contribution is 5.42. The molecule has 0 amide bonds. The molecule has 0 N–H and O–H groups in total. The highest BCUT2D eigenvalue weighted by atomic mass is 16.5. The molecule has 17 heavy (non-hydrogen) atoms. The van der Waals surface area contributed by atoms with Crippen LogP contribution in [0.25, 0.3) is 0 Å². The molecule has 2 heteroatoms. The molecule has 1 aromatic carbocycles. The van der Waals surface area contributed by atoms with E-state index in [0.717, 1.165) is 24.7 Å². The van der Waals surface area contributed by atoms with Crippen molar-refractivity contribution in [3.63, 3.8) is 0 Å². The zero-order valence-electron chi connectivity index (χ0n) is 11.6. The number of rotatable bonds is 6. The third-order valence-corrected chi connectivity index (χ3v) is 2.24. The maximum absolute atomic E-state index is 5.79. The Labute approximate surface area is 105 Å². The molecule has 0 fully saturated rings. The fourth-order valence-corrected chi connectivity index (χ4v) is 1.36. The van der Waals surface area contributed by atoms with Gasteiger partial charge in [0.15, 0.2) is 11.5 Å². The van der Waals surface area contributed by atoms with Crippen LogP contribution in [0.5, 0.6) is 11.5 Å². The Morgan fingerprint density at radius 3 is 1.94 bits per heavy atom. The molecular weight excluding hydrogens is 212 g/mol. The third kappa shape index (κ3) is 5.12. The minimum Gasteiger partial charge on any atom is -0.489 e. The molecule has 1 rings (SSSR count). The molecule has 96 valence electrons. The molecule has 0 bridgehead atoms. The van der Waals surface area contributed by atoms with E-state index in [-0.39, 0.29) is 0 Å². The number of hydrogen-bond donors (Lipinski definition) is 0. The van der Waals surface area contributed by atoms with E-state index in [9.17, 15) is 0 Å². The first kappa shape index (κ1) is 13.9. The average molecular weight is 236 g/mol. The minimum atomic E-state index is 0.522. The van der Waals surface area contributed by atoms with Crippen LogP contribution in [-0.2, 0) is 0 Å². The predicted octanol–water partition coefficient (Wildman–Crippen LogP) is 4.06. The summed E-state index contributed by atoms with van der Waals surface area (Å²) in [5.74, 6) is 2.76. The SMILES string of the molecule is Cc1ccc(OCC(C)C)c(OCC(C)C)c1. The maximum Gasteiger partial charge on any atom is 0.161 e. The van der Waals surface area contributed by atoms with Crippen molar-refractivity contribution in [1.29, 1.82) is 0 Å². The smallest absolute Gasteiger partial charge is 0.161 e. The predicted molar refractivity (Wildman–Crippen MR) is 71.8 cm³/mol. The van der Waals surface area contributed by atoms with Crippen LogP contribution in [0.4, 0.5) is 0 Å². The van der Waals surface area contributed by atoms with Crippen molar-refractivity contribution >= 4 is 0 Å². The highest BCUT2D eigenvalue weighted by Gasteiger charge is 2.07. The molecule has 0 heterocycles. The van der Waals surface area contributed by atoms with Gasteiger partial charge in [-0.1, -0.05) is 33.8 Å². The number of hydrogen-bond acceptors (Lipinski definition) is 2. The lowest BCUT2D eigenvalue weighted by Crippen LogP contribution is -2.09. The van der Waals surface area contributed by atoms with Crippen LogP contribution in [-0.4, -0.2) is 13.2 Å². The second-order valence-electron chi connectivity index (χ2n) is 5.36. The van der Waals surface area contributed by atoms with Gasteiger partial charge in [0.05, 0.1) is 13.2 Å². The first-order valence-corrected chi connectivity index (χ1v) is 6.35. The van der Waals surface area contributed by atoms with E-state index < -0.39 is 0 Å². The quantitative estimate of drug-likeness (QED) is 0.741. The van der Waals surface area contributed by atoms with Gasteiger partial charge < -0.3 is 9.47 Å². The topological polar surface area (TPSA) is 18.5 Å². The second-order valence-corrected chi connectivity index (χ2v) is 5.36. The number of aryl methyl sites for hydroxylation is 1. The van der Waals surface area contributed by atoms with Gasteiger partial charge >= 0.3 is 0 Å². The first-order chi connectivity index (χ1) is 7.99. The fourth-order valence-electron chi connectivity index (χ4n) is 1.36. The zero-order chi connectivity index (χ0) is 12.8. The molecule has 0 saturated carbocycles. The molecule has 0 spiro atoms. The van der Waals surface area contributed by atoms with Gasteiger partial charge in [-0.25, -0.2) is 0 Å². The summed E-state index contributed by atoms with van der Waals surface area (Å²) >= 11 is 0. The first-order valence-electron chi connectivity index (χ1n) is 6.35. The van der Waals surface area contributed by atoms with Crippen LogP contribution in [0, 0.1) is 18.8 Å². The lowest BCUT2D eigenvalue weighted by molar-refractivity contribution is 0.229. The van der Waals surface area contributed by atoms with Gasteiger partial charge in [0, 0.05) is 0 Å². The summed E-state index contributed by atoms with van der Waals surface area (Å²) in [7, 11) is 0. The van der Waals surface area contributed by atoms with Crippen molar-refractivity contribution in [3.8, 4) is 11.5 Å². The van der Waals surface area contributed by atoms with E-state index in [1.807, 2.05) is 12.1 Å². The van der Waals surface area contributed by atoms with Gasteiger partial charge in [0.1, 0.15) is 0 Å². The summed E-state index contributed by atoms with van der Waals surface area (Å²) in [6.07, 6.45) is 0. The van der Waals surface area contributed by atoms with Crippen LogP contribution in [0.2, 0.25) is 0 Å². The van der Waals surface area contributed by atoms with Crippen molar-refractivity contribution in [2.45, 2.75) is 34.6 Å². The Morgan fingerprint density at radius 1 is 0.882 bits per heavy atom. The molecule has 0 atom stereocenters. The van der Waals surface area contributed by atoms with E-state index in [4.69, 9.17) is 9.47 Å². The summed E-state index contributed by atoms with van der Waals surface area (Å²) < 4.78 is 11.5. The monoisotopic (exact) mass is 236 g/mol. The maximum atomic E-state index is 5.79. The summed E-state index contributed by atoms with van der Waals surface area (Å²) in [6, 6.07) is 6.09. The average Bonchev–Trinajstić information content (AvgIpc) is 2.24. The van der Waals surface area contributed by atoms with Crippen LogP contribution >= 0.6 is 0 Å².